The molecule has 1 aromatic heterocycles. The van der Waals surface area contributed by atoms with E-state index in [0.29, 0.717) is 10.0 Å². The van der Waals surface area contributed by atoms with Gasteiger partial charge in [-0.2, -0.15) is 10.2 Å². The molecule has 0 aliphatic rings. The molecule has 6 heteroatoms. The summed E-state index contributed by atoms with van der Waals surface area (Å²) in [4.78, 5) is 0. The van der Waals surface area contributed by atoms with Crippen LogP contribution in [0.1, 0.15) is 28.6 Å². The number of hydrazine groups is 1. The van der Waals surface area contributed by atoms with Crippen LogP contribution in [0.2, 0.25) is 10.0 Å². The van der Waals surface area contributed by atoms with Crippen LogP contribution >= 0.6 is 23.2 Å². The number of benzene rings is 1. The van der Waals surface area contributed by atoms with Crippen molar-refractivity contribution in [2.45, 2.75) is 19.9 Å². The van der Waals surface area contributed by atoms with Crippen molar-refractivity contribution in [2.75, 3.05) is 0 Å². The van der Waals surface area contributed by atoms with Crippen molar-refractivity contribution < 1.29 is 0 Å². The van der Waals surface area contributed by atoms with Crippen molar-refractivity contribution in [3.63, 3.8) is 0 Å². The van der Waals surface area contributed by atoms with Gasteiger partial charge in [-0.25, -0.2) is 5.43 Å². The van der Waals surface area contributed by atoms with E-state index in [0.717, 1.165) is 22.5 Å². The Morgan fingerprint density at radius 1 is 1.11 bits per heavy atom. The number of hydrogen-bond acceptors (Lipinski definition) is 4. The molecule has 0 bridgehead atoms. The van der Waals surface area contributed by atoms with Crippen molar-refractivity contribution in [1.29, 1.82) is 0 Å². The van der Waals surface area contributed by atoms with Gasteiger partial charge in [0.15, 0.2) is 0 Å². The number of halogens is 2. The van der Waals surface area contributed by atoms with Crippen LogP contribution in [0.3, 0.4) is 0 Å². The van der Waals surface area contributed by atoms with Crippen molar-refractivity contribution in [2.24, 2.45) is 5.84 Å². The van der Waals surface area contributed by atoms with Crippen molar-refractivity contribution in [3.8, 4) is 0 Å². The molecule has 0 aliphatic carbocycles. The molecular formula is C13H14Cl2N4. The topological polar surface area (TPSA) is 63.8 Å². The van der Waals surface area contributed by atoms with Gasteiger partial charge in [-0.1, -0.05) is 29.3 Å². The van der Waals surface area contributed by atoms with Crippen LogP contribution < -0.4 is 11.3 Å². The third-order valence-corrected chi connectivity index (χ3v) is 3.63. The first-order valence-electron chi connectivity index (χ1n) is 5.75. The van der Waals surface area contributed by atoms with Crippen LogP contribution in [0, 0.1) is 13.8 Å². The van der Waals surface area contributed by atoms with Crippen LogP contribution in [-0.4, -0.2) is 10.2 Å². The molecule has 0 aliphatic heterocycles. The Morgan fingerprint density at radius 2 is 1.84 bits per heavy atom. The largest absolute Gasteiger partial charge is 0.271 e. The van der Waals surface area contributed by atoms with E-state index in [2.05, 4.69) is 15.6 Å². The van der Waals surface area contributed by atoms with Crippen LogP contribution in [0.15, 0.2) is 24.3 Å². The monoisotopic (exact) mass is 296 g/mol. The summed E-state index contributed by atoms with van der Waals surface area (Å²) in [7, 11) is 0. The van der Waals surface area contributed by atoms with Gasteiger partial charge in [0.05, 0.1) is 27.5 Å². The molecule has 0 spiro atoms. The van der Waals surface area contributed by atoms with Gasteiger partial charge in [-0.3, -0.25) is 5.84 Å². The van der Waals surface area contributed by atoms with Gasteiger partial charge in [0, 0.05) is 0 Å². The number of rotatable bonds is 3. The second kappa shape index (κ2) is 5.84. The fraction of sp³-hybridized carbons (Fsp3) is 0.231. The maximum Gasteiger partial charge on any atom is 0.0729 e. The lowest BCUT2D eigenvalue weighted by atomic mass is 9.98. The van der Waals surface area contributed by atoms with Crippen molar-refractivity contribution in [1.82, 2.24) is 15.6 Å². The summed E-state index contributed by atoms with van der Waals surface area (Å²) in [5, 5.41) is 9.14. The highest BCUT2D eigenvalue weighted by Gasteiger charge is 2.17. The molecule has 1 heterocycles. The van der Waals surface area contributed by atoms with E-state index in [9.17, 15) is 0 Å². The normalized spacial score (nSPS) is 12.5. The zero-order valence-corrected chi connectivity index (χ0v) is 12.1. The molecule has 4 nitrogen and oxygen atoms in total. The Morgan fingerprint density at radius 3 is 2.47 bits per heavy atom. The van der Waals surface area contributed by atoms with E-state index in [1.165, 1.54) is 0 Å². The Bertz CT molecular complexity index is 601. The number of hydrogen-bond donors (Lipinski definition) is 2. The standard InChI is InChI=1S/C13H14Cl2N4/c1-7-5-10(8(2)19-18-7)13(17-16)9-3-4-11(14)12(15)6-9/h3-6,13,17H,16H2,1-2H3. The van der Waals surface area contributed by atoms with E-state index in [1.54, 1.807) is 12.1 Å². The highest BCUT2D eigenvalue weighted by molar-refractivity contribution is 6.42. The van der Waals surface area contributed by atoms with Gasteiger partial charge < -0.3 is 0 Å². The van der Waals surface area contributed by atoms with Crippen LogP contribution in [0.5, 0.6) is 0 Å². The molecule has 3 N–H and O–H groups in total. The predicted octanol–water partition coefficient (Wildman–Crippen LogP) is 2.95. The number of nitrogens with two attached hydrogens (primary N) is 1. The summed E-state index contributed by atoms with van der Waals surface area (Å²) in [6, 6.07) is 7.18. The van der Waals surface area contributed by atoms with E-state index >= 15 is 0 Å². The minimum absolute atomic E-state index is 0.205. The van der Waals surface area contributed by atoms with Crippen LogP contribution in [0.25, 0.3) is 0 Å². The highest BCUT2D eigenvalue weighted by Crippen LogP contribution is 2.29. The van der Waals surface area contributed by atoms with Crippen molar-refractivity contribution >= 4 is 23.2 Å². The first kappa shape index (κ1) is 14.2. The lowest BCUT2D eigenvalue weighted by Crippen LogP contribution is -2.29. The van der Waals surface area contributed by atoms with E-state index in [4.69, 9.17) is 29.0 Å². The quantitative estimate of drug-likeness (QED) is 0.675. The van der Waals surface area contributed by atoms with E-state index in [-0.39, 0.29) is 6.04 Å². The molecule has 1 atom stereocenters. The van der Waals surface area contributed by atoms with Gasteiger partial charge in [-0.15, -0.1) is 0 Å². The molecule has 100 valence electrons. The predicted molar refractivity (Wildman–Crippen MR) is 77.1 cm³/mol. The average Bonchev–Trinajstić information content (AvgIpc) is 2.38. The first-order valence-corrected chi connectivity index (χ1v) is 6.50. The second-order valence-electron chi connectivity index (χ2n) is 4.30. The Balaban J connectivity index is 2.49. The van der Waals surface area contributed by atoms with E-state index < -0.39 is 0 Å². The van der Waals surface area contributed by atoms with Gasteiger partial charge in [0.25, 0.3) is 0 Å². The summed E-state index contributed by atoms with van der Waals surface area (Å²) in [5.74, 6) is 5.67. The highest BCUT2D eigenvalue weighted by atomic mass is 35.5. The molecular weight excluding hydrogens is 283 g/mol. The molecule has 0 saturated heterocycles. The lowest BCUT2D eigenvalue weighted by molar-refractivity contribution is 0.626. The van der Waals surface area contributed by atoms with Gasteiger partial charge in [-0.05, 0) is 43.2 Å². The average molecular weight is 297 g/mol. The summed E-state index contributed by atoms with van der Waals surface area (Å²) in [6.07, 6.45) is 0. The number of aryl methyl sites for hydroxylation is 2. The zero-order chi connectivity index (χ0) is 14.0. The zero-order valence-electron chi connectivity index (χ0n) is 10.6. The maximum atomic E-state index is 6.04. The molecule has 19 heavy (non-hydrogen) atoms. The van der Waals surface area contributed by atoms with Gasteiger partial charge >= 0.3 is 0 Å². The SMILES string of the molecule is Cc1cc(C(NN)c2ccc(Cl)c(Cl)c2)c(C)nn1. The Hall–Kier alpha value is -1.20. The fourth-order valence-corrected chi connectivity index (χ4v) is 2.23. The molecule has 0 radical (unpaired) electrons. The molecule has 1 aromatic carbocycles. The summed E-state index contributed by atoms with van der Waals surface area (Å²) in [6.45, 7) is 3.78. The third-order valence-electron chi connectivity index (χ3n) is 2.89. The smallest absolute Gasteiger partial charge is 0.0729 e. The summed E-state index contributed by atoms with van der Waals surface area (Å²) in [5.41, 5.74) is 6.32. The lowest BCUT2D eigenvalue weighted by Gasteiger charge is -2.19. The van der Waals surface area contributed by atoms with Crippen LogP contribution in [-0.2, 0) is 0 Å². The van der Waals surface area contributed by atoms with Gasteiger partial charge in [0.2, 0.25) is 0 Å². The second-order valence-corrected chi connectivity index (χ2v) is 5.11. The summed E-state index contributed by atoms with van der Waals surface area (Å²) >= 11 is 12.0. The minimum Gasteiger partial charge on any atom is -0.271 e. The first-order chi connectivity index (χ1) is 9.02. The molecule has 0 saturated carbocycles. The van der Waals surface area contributed by atoms with Crippen LogP contribution in [0.4, 0.5) is 0 Å². The number of nitrogens with one attached hydrogen (secondary N) is 1. The fourth-order valence-electron chi connectivity index (χ4n) is 1.92. The molecule has 2 rings (SSSR count). The van der Waals surface area contributed by atoms with Gasteiger partial charge in [0.1, 0.15) is 0 Å². The molecule has 0 fully saturated rings. The number of aromatic nitrogens is 2. The minimum atomic E-state index is -0.205. The molecule has 0 amide bonds. The summed E-state index contributed by atoms with van der Waals surface area (Å²) < 4.78 is 0. The molecule has 2 aromatic rings. The third kappa shape index (κ3) is 3.04. The number of nitrogens with zero attached hydrogens (tertiary/aromatic N) is 2. The Kier molecular flexibility index (Phi) is 4.37. The Labute approximate surface area is 121 Å². The van der Waals surface area contributed by atoms with Crippen molar-refractivity contribution in [3.05, 3.63) is 56.8 Å². The van der Waals surface area contributed by atoms with E-state index in [1.807, 2.05) is 26.0 Å². The maximum absolute atomic E-state index is 6.04. The molecule has 1 unspecified atom stereocenters.